The fourth-order valence-electron chi connectivity index (χ4n) is 0. The second kappa shape index (κ2) is 4.92. The summed E-state index contributed by atoms with van der Waals surface area (Å²) in [7, 11) is 0. The Bertz CT molecular complexity index is 78.9. The van der Waals surface area contributed by atoms with Gasteiger partial charge in [-0.15, -0.1) is 0 Å². The number of carboxylic acid groups (broad SMARTS) is 1. The molecule has 0 aromatic carbocycles. The largest absolute Gasteiger partial charge is 0.476 e. The number of hydrogen-bond acceptors (Lipinski definition) is 1. The SMILES string of the molecule is C=C(F)C(=O)O.[K]. The average Bonchev–Trinajstić information content (AvgIpc) is 1.36. The van der Waals surface area contributed by atoms with Crippen LogP contribution in [0.5, 0.6) is 0 Å². The second-order valence-electron chi connectivity index (χ2n) is 0.710. The van der Waals surface area contributed by atoms with Gasteiger partial charge in [-0.05, 0) is 0 Å². The zero-order valence-corrected chi connectivity index (χ0v) is 7.06. The van der Waals surface area contributed by atoms with E-state index >= 15 is 0 Å². The van der Waals surface area contributed by atoms with Crippen LogP contribution in [0.25, 0.3) is 0 Å². The van der Waals surface area contributed by atoms with Crippen molar-refractivity contribution in [3.8, 4) is 0 Å². The molecule has 0 aromatic rings. The molecule has 35 valence electrons. The summed E-state index contributed by atoms with van der Waals surface area (Å²) in [5.41, 5.74) is 0. The molecule has 0 aliphatic carbocycles. The predicted octanol–water partition coefficient (Wildman–Crippen LogP) is 0.173. The number of halogens is 1. The van der Waals surface area contributed by atoms with Crippen molar-refractivity contribution in [3.05, 3.63) is 12.4 Å². The van der Waals surface area contributed by atoms with E-state index in [1.807, 2.05) is 0 Å². The quantitative estimate of drug-likeness (QED) is 0.405. The Morgan fingerprint density at radius 2 is 1.86 bits per heavy atom. The van der Waals surface area contributed by atoms with Crippen LogP contribution in [0, 0.1) is 0 Å². The Labute approximate surface area is 82.8 Å². The van der Waals surface area contributed by atoms with Crippen LogP contribution in [0.2, 0.25) is 0 Å². The van der Waals surface area contributed by atoms with E-state index in [1.165, 1.54) is 0 Å². The first-order chi connectivity index (χ1) is 2.64. The Morgan fingerprint density at radius 3 is 1.86 bits per heavy atom. The first kappa shape index (κ1) is 10.7. The third kappa shape index (κ3) is 6.78. The number of hydrogen-bond donors (Lipinski definition) is 1. The summed E-state index contributed by atoms with van der Waals surface area (Å²) >= 11 is 0. The molecule has 0 unspecified atom stereocenters. The third-order valence-electron chi connectivity index (χ3n) is 0.232. The van der Waals surface area contributed by atoms with E-state index in [9.17, 15) is 9.18 Å². The van der Waals surface area contributed by atoms with Crippen molar-refractivity contribution in [2.75, 3.05) is 0 Å². The average molecular weight is 129 g/mol. The number of carbonyl (C=O) groups is 1. The Morgan fingerprint density at radius 1 is 1.71 bits per heavy atom. The van der Waals surface area contributed by atoms with Crippen LogP contribution in [0.4, 0.5) is 4.39 Å². The summed E-state index contributed by atoms with van der Waals surface area (Å²) in [6.45, 7) is 2.49. The van der Waals surface area contributed by atoms with E-state index in [4.69, 9.17) is 5.11 Å². The smallest absolute Gasteiger partial charge is 0.364 e. The molecule has 0 saturated carbocycles. The molecule has 0 aromatic heterocycles. The molecule has 2 nitrogen and oxygen atoms in total. The first-order valence-corrected chi connectivity index (χ1v) is 1.22. The number of rotatable bonds is 1. The Kier molecular flexibility index (Phi) is 7.53. The van der Waals surface area contributed by atoms with Crippen molar-refractivity contribution >= 4 is 57.4 Å². The molecule has 0 spiro atoms. The zero-order valence-electron chi connectivity index (χ0n) is 3.94. The minimum Gasteiger partial charge on any atom is -0.476 e. The molecule has 0 saturated heterocycles. The number of carboxylic acids is 1. The van der Waals surface area contributed by atoms with Gasteiger partial charge in [0.05, 0.1) is 0 Å². The van der Waals surface area contributed by atoms with Crippen LogP contribution < -0.4 is 0 Å². The van der Waals surface area contributed by atoms with Gasteiger partial charge in [0.25, 0.3) is 0 Å². The minimum atomic E-state index is -1.60. The van der Waals surface area contributed by atoms with Gasteiger partial charge in [0.2, 0.25) is 5.83 Å². The third-order valence-corrected chi connectivity index (χ3v) is 0.232. The van der Waals surface area contributed by atoms with Crippen LogP contribution in [0.3, 0.4) is 0 Å². The van der Waals surface area contributed by atoms with E-state index < -0.39 is 11.8 Å². The molecule has 0 rings (SSSR count). The van der Waals surface area contributed by atoms with Gasteiger partial charge >= 0.3 is 5.97 Å². The fraction of sp³-hybridized carbons (Fsp3) is 0. The number of aliphatic carboxylic acids is 1. The van der Waals surface area contributed by atoms with E-state index in [2.05, 4.69) is 6.58 Å². The van der Waals surface area contributed by atoms with Crippen LogP contribution in [0.15, 0.2) is 12.4 Å². The van der Waals surface area contributed by atoms with Crippen molar-refractivity contribution in [3.63, 3.8) is 0 Å². The molecule has 0 heterocycles. The van der Waals surface area contributed by atoms with Crippen LogP contribution >= 0.6 is 0 Å². The van der Waals surface area contributed by atoms with Gasteiger partial charge < -0.3 is 5.11 Å². The van der Waals surface area contributed by atoms with Crippen molar-refractivity contribution in [2.45, 2.75) is 0 Å². The minimum absolute atomic E-state index is 0. The molecular formula is C3H3FKO2. The van der Waals surface area contributed by atoms with E-state index in [1.54, 1.807) is 0 Å². The van der Waals surface area contributed by atoms with Gasteiger partial charge in [-0.25, -0.2) is 4.79 Å². The zero-order chi connectivity index (χ0) is 5.15. The monoisotopic (exact) mass is 129 g/mol. The summed E-state index contributed by atoms with van der Waals surface area (Å²) in [6.07, 6.45) is 0. The Hall–Kier alpha value is 0.776. The van der Waals surface area contributed by atoms with Crippen molar-refractivity contribution in [1.82, 2.24) is 0 Å². The topological polar surface area (TPSA) is 37.3 Å². The summed E-state index contributed by atoms with van der Waals surface area (Å²) < 4.78 is 11.0. The maximum atomic E-state index is 11.0. The molecule has 1 N–H and O–H groups in total. The summed E-state index contributed by atoms with van der Waals surface area (Å²) in [5.74, 6) is -2.93. The molecule has 1 radical (unpaired) electrons. The molecule has 0 fully saturated rings. The predicted molar refractivity (Wildman–Crippen MR) is 23.6 cm³/mol. The molecule has 0 bridgehead atoms. The van der Waals surface area contributed by atoms with Gasteiger partial charge in [0.15, 0.2) is 0 Å². The van der Waals surface area contributed by atoms with Crippen LogP contribution in [0.1, 0.15) is 0 Å². The molecule has 4 heteroatoms. The van der Waals surface area contributed by atoms with Crippen molar-refractivity contribution in [1.29, 1.82) is 0 Å². The maximum Gasteiger partial charge on any atom is 0.364 e. The van der Waals surface area contributed by atoms with Crippen molar-refractivity contribution in [2.24, 2.45) is 0 Å². The van der Waals surface area contributed by atoms with Crippen LogP contribution in [-0.4, -0.2) is 62.5 Å². The first-order valence-electron chi connectivity index (χ1n) is 1.22. The summed E-state index contributed by atoms with van der Waals surface area (Å²) in [4.78, 5) is 9.22. The van der Waals surface area contributed by atoms with Gasteiger partial charge in [-0.1, -0.05) is 6.58 Å². The summed E-state index contributed by atoms with van der Waals surface area (Å²) in [6, 6.07) is 0. The maximum absolute atomic E-state index is 11.0. The van der Waals surface area contributed by atoms with Gasteiger partial charge in [0.1, 0.15) is 0 Å². The summed E-state index contributed by atoms with van der Waals surface area (Å²) in [5, 5.41) is 7.52. The van der Waals surface area contributed by atoms with Gasteiger partial charge in [-0.2, -0.15) is 4.39 Å². The molecule has 7 heavy (non-hydrogen) atoms. The van der Waals surface area contributed by atoms with Crippen molar-refractivity contribution < 1.29 is 14.3 Å². The van der Waals surface area contributed by atoms with Gasteiger partial charge in [-0.3, -0.25) is 0 Å². The van der Waals surface area contributed by atoms with E-state index in [0.717, 1.165) is 0 Å². The van der Waals surface area contributed by atoms with Gasteiger partial charge in [0, 0.05) is 51.4 Å². The molecule has 0 atom stereocenters. The normalized spacial score (nSPS) is 6.43. The molecule has 0 amide bonds. The standard InChI is InChI=1S/C3H3FO2.K/c1-2(4)3(5)6;/h1H2,(H,5,6);. The fourth-order valence-corrected chi connectivity index (χ4v) is 0. The Balaban J connectivity index is 0. The second-order valence-corrected chi connectivity index (χ2v) is 0.710. The van der Waals surface area contributed by atoms with E-state index in [0.29, 0.717) is 0 Å². The molecule has 0 aliphatic heterocycles. The van der Waals surface area contributed by atoms with E-state index in [-0.39, 0.29) is 51.4 Å². The molecule has 0 aliphatic rings. The molecular weight excluding hydrogens is 126 g/mol. The van der Waals surface area contributed by atoms with Crippen LogP contribution in [-0.2, 0) is 4.79 Å².